The average molecular weight is 241 g/mol. The van der Waals surface area contributed by atoms with E-state index in [1.165, 1.54) is 39.3 Å². The zero-order valence-corrected chi connectivity index (χ0v) is 12.7. The molecule has 0 aromatic rings. The largest absolute Gasteiger partial charge is 0.296 e. The molecule has 0 N–H and O–H groups in total. The molecule has 2 fully saturated rings. The molecule has 2 saturated heterocycles. The van der Waals surface area contributed by atoms with E-state index in [0.29, 0.717) is 5.54 Å². The second-order valence-electron chi connectivity index (χ2n) is 6.09. The van der Waals surface area contributed by atoms with E-state index in [4.69, 9.17) is 0 Å². The lowest BCUT2D eigenvalue weighted by Crippen LogP contribution is -2.62. The van der Waals surface area contributed by atoms with E-state index >= 15 is 0 Å². The second kappa shape index (κ2) is 6.17. The molecule has 0 saturated carbocycles. The van der Waals surface area contributed by atoms with Gasteiger partial charge in [-0.05, 0) is 34.2 Å². The summed E-state index contributed by atoms with van der Waals surface area (Å²) in [5.74, 6) is 0. The molecule has 2 rings (SSSR count). The van der Waals surface area contributed by atoms with Gasteiger partial charge in [-0.2, -0.15) is 0 Å². The van der Waals surface area contributed by atoms with Crippen LogP contribution in [0.15, 0.2) is 0 Å². The minimum absolute atomic E-state index is 0.343. The summed E-state index contributed by atoms with van der Waals surface area (Å²) in [4.78, 5) is 7.72. The van der Waals surface area contributed by atoms with Gasteiger partial charge in [-0.3, -0.25) is 14.7 Å². The summed E-state index contributed by atoms with van der Waals surface area (Å²) in [7, 11) is 2.23. The van der Waals surface area contributed by atoms with Crippen LogP contribution in [-0.2, 0) is 0 Å². The first-order chi connectivity index (χ1) is 7.97. The first-order valence-electron chi connectivity index (χ1n) is 7.14. The third kappa shape index (κ3) is 3.94. The minimum atomic E-state index is 0.343. The molecule has 0 aromatic carbocycles. The van der Waals surface area contributed by atoms with Crippen LogP contribution in [0.3, 0.4) is 0 Å². The quantitative estimate of drug-likeness (QED) is 0.643. The van der Waals surface area contributed by atoms with Crippen molar-refractivity contribution in [3.8, 4) is 0 Å². The van der Waals surface area contributed by atoms with E-state index in [9.17, 15) is 0 Å². The molecule has 2 aliphatic rings. The summed E-state index contributed by atoms with van der Waals surface area (Å²) in [5, 5.41) is 0. The Kier molecular flexibility index (Phi) is 5.42. The second-order valence-corrected chi connectivity index (χ2v) is 6.09. The van der Waals surface area contributed by atoms with E-state index in [2.05, 4.69) is 42.5 Å². The Morgan fingerprint density at radius 1 is 1.00 bits per heavy atom. The molecule has 0 aromatic heterocycles. The van der Waals surface area contributed by atoms with Gasteiger partial charge in [0, 0.05) is 37.8 Å². The summed E-state index contributed by atoms with van der Waals surface area (Å²) < 4.78 is 0. The van der Waals surface area contributed by atoms with Gasteiger partial charge in [0.2, 0.25) is 0 Å². The summed E-state index contributed by atoms with van der Waals surface area (Å²) in [6.45, 7) is 17.2. The molecule has 102 valence electrons. The molecule has 3 nitrogen and oxygen atoms in total. The molecule has 0 aliphatic carbocycles. The zero-order valence-electron chi connectivity index (χ0n) is 12.7. The van der Waals surface area contributed by atoms with E-state index in [0.717, 1.165) is 6.04 Å². The van der Waals surface area contributed by atoms with Crippen molar-refractivity contribution < 1.29 is 0 Å². The van der Waals surface area contributed by atoms with E-state index in [1.54, 1.807) is 0 Å². The topological polar surface area (TPSA) is 9.72 Å². The van der Waals surface area contributed by atoms with E-state index < -0.39 is 0 Å². The predicted molar refractivity (Wildman–Crippen MR) is 75.3 cm³/mol. The van der Waals surface area contributed by atoms with Crippen LogP contribution in [0.25, 0.3) is 0 Å². The van der Waals surface area contributed by atoms with Gasteiger partial charge in [0.15, 0.2) is 0 Å². The van der Waals surface area contributed by atoms with Crippen LogP contribution >= 0.6 is 0 Å². The van der Waals surface area contributed by atoms with Crippen LogP contribution in [0.1, 0.15) is 41.0 Å². The Morgan fingerprint density at radius 2 is 1.65 bits per heavy atom. The molecule has 3 heteroatoms. The Morgan fingerprint density at radius 3 is 2.24 bits per heavy atom. The SMILES string of the molecule is CC.CN1CCC2CN(C(C)(C)C)CCN2C1. The molecule has 2 heterocycles. The normalized spacial score (nSPS) is 28.2. The maximum absolute atomic E-state index is 2.64. The van der Waals surface area contributed by atoms with Crippen molar-refractivity contribution in [3.05, 3.63) is 0 Å². The Balaban J connectivity index is 0.000000686. The van der Waals surface area contributed by atoms with E-state index in [1.807, 2.05) is 13.8 Å². The van der Waals surface area contributed by atoms with Crippen LogP contribution in [0.4, 0.5) is 0 Å². The molecule has 0 spiro atoms. The maximum Gasteiger partial charge on any atom is 0.0507 e. The summed E-state index contributed by atoms with van der Waals surface area (Å²) >= 11 is 0. The van der Waals surface area contributed by atoms with Crippen molar-refractivity contribution in [2.24, 2.45) is 0 Å². The fraction of sp³-hybridized carbons (Fsp3) is 1.00. The number of hydrogen-bond acceptors (Lipinski definition) is 3. The van der Waals surface area contributed by atoms with Crippen LogP contribution in [0.2, 0.25) is 0 Å². The molecule has 0 bridgehead atoms. The molecular weight excluding hydrogens is 210 g/mol. The molecular formula is C14H31N3. The lowest BCUT2D eigenvalue weighted by molar-refractivity contribution is -0.0302. The summed E-state index contributed by atoms with van der Waals surface area (Å²) in [6.07, 6.45) is 1.34. The fourth-order valence-electron chi connectivity index (χ4n) is 2.71. The van der Waals surface area contributed by atoms with Crippen molar-refractivity contribution >= 4 is 0 Å². The third-order valence-corrected chi connectivity index (χ3v) is 3.82. The number of fused-ring (bicyclic) bond motifs is 1. The summed E-state index contributed by atoms with van der Waals surface area (Å²) in [5.41, 5.74) is 0.343. The van der Waals surface area contributed by atoms with Gasteiger partial charge < -0.3 is 0 Å². The predicted octanol–water partition coefficient (Wildman–Crippen LogP) is 2.09. The maximum atomic E-state index is 2.64. The Labute approximate surface area is 108 Å². The molecule has 1 unspecified atom stereocenters. The van der Waals surface area contributed by atoms with Gasteiger partial charge in [-0.1, -0.05) is 13.8 Å². The van der Waals surface area contributed by atoms with Crippen molar-refractivity contribution in [3.63, 3.8) is 0 Å². The van der Waals surface area contributed by atoms with Gasteiger partial charge >= 0.3 is 0 Å². The van der Waals surface area contributed by atoms with Gasteiger partial charge in [0.25, 0.3) is 0 Å². The van der Waals surface area contributed by atoms with Crippen molar-refractivity contribution in [2.45, 2.75) is 52.6 Å². The minimum Gasteiger partial charge on any atom is -0.296 e. The smallest absolute Gasteiger partial charge is 0.0507 e. The monoisotopic (exact) mass is 241 g/mol. The van der Waals surface area contributed by atoms with Gasteiger partial charge in [0.1, 0.15) is 0 Å². The lowest BCUT2D eigenvalue weighted by Gasteiger charge is -2.50. The van der Waals surface area contributed by atoms with Gasteiger partial charge in [-0.15, -0.1) is 0 Å². The van der Waals surface area contributed by atoms with Crippen LogP contribution < -0.4 is 0 Å². The van der Waals surface area contributed by atoms with Crippen LogP contribution in [0.5, 0.6) is 0 Å². The highest BCUT2D eigenvalue weighted by Gasteiger charge is 2.34. The molecule has 0 radical (unpaired) electrons. The van der Waals surface area contributed by atoms with Crippen molar-refractivity contribution in [1.82, 2.24) is 14.7 Å². The first kappa shape index (κ1) is 14.9. The molecule has 0 amide bonds. The Hall–Kier alpha value is -0.120. The van der Waals surface area contributed by atoms with E-state index in [-0.39, 0.29) is 0 Å². The fourth-order valence-corrected chi connectivity index (χ4v) is 2.71. The highest BCUT2D eigenvalue weighted by Crippen LogP contribution is 2.23. The lowest BCUT2D eigenvalue weighted by atomic mass is 9.99. The highest BCUT2D eigenvalue weighted by molar-refractivity contribution is 4.90. The molecule has 1 atom stereocenters. The number of nitrogens with zero attached hydrogens (tertiary/aromatic N) is 3. The molecule has 17 heavy (non-hydrogen) atoms. The summed E-state index contributed by atoms with van der Waals surface area (Å²) in [6, 6.07) is 0.800. The van der Waals surface area contributed by atoms with Crippen LogP contribution in [-0.4, -0.2) is 66.2 Å². The molecule has 2 aliphatic heterocycles. The van der Waals surface area contributed by atoms with Gasteiger partial charge in [0.05, 0.1) is 6.67 Å². The number of rotatable bonds is 0. The van der Waals surface area contributed by atoms with Crippen LogP contribution in [0, 0.1) is 0 Å². The van der Waals surface area contributed by atoms with Gasteiger partial charge in [-0.25, -0.2) is 0 Å². The van der Waals surface area contributed by atoms with Crippen molar-refractivity contribution in [2.75, 3.05) is 39.9 Å². The standard InChI is InChI=1S/C12H25N3.C2H6/c1-12(2,3)15-8-7-14-10-13(4)6-5-11(14)9-15;1-2/h11H,5-10H2,1-4H3;1-2H3. The first-order valence-corrected chi connectivity index (χ1v) is 7.14. The Bertz CT molecular complexity index is 222. The third-order valence-electron chi connectivity index (χ3n) is 3.82. The zero-order chi connectivity index (χ0) is 13.1. The average Bonchev–Trinajstić information content (AvgIpc) is 2.29. The number of piperazine rings is 1. The van der Waals surface area contributed by atoms with Crippen molar-refractivity contribution in [1.29, 1.82) is 0 Å². The number of hydrogen-bond donors (Lipinski definition) is 0. The highest BCUT2D eigenvalue weighted by atomic mass is 15.4.